The highest BCUT2D eigenvalue weighted by molar-refractivity contribution is 5.81. The molecule has 0 radical (unpaired) electrons. The van der Waals surface area contributed by atoms with Gasteiger partial charge in [-0.15, -0.1) is 0 Å². The molecule has 1 unspecified atom stereocenters. The summed E-state index contributed by atoms with van der Waals surface area (Å²) < 4.78 is 27.3. The fraction of sp³-hybridized carbons (Fsp3) is 0.385. The number of nitrogens with one attached hydrogen (secondary N) is 1. The van der Waals surface area contributed by atoms with Crippen molar-refractivity contribution in [3.05, 3.63) is 30.1 Å². The molecule has 1 amide bonds. The Morgan fingerprint density at radius 3 is 2.60 bits per heavy atom. The first-order valence-electron chi connectivity index (χ1n) is 6.22. The standard InChI is InChI=1S/C13H16F2N4O/c1-7(16)12(20)17-8(2)11-18-9-5-3-4-6-10(9)19(11)13(14)15/h3-8,13H,16H2,1-2H3,(H,17,20)/t7-,8?/m1/s1. The molecule has 0 aliphatic heterocycles. The Balaban J connectivity index is 2.42. The number of carbonyl (C=O) groups excluding carboxylic acids is 1. The first-order valence-corrected chi connectivity index (χ1v) is 6.22. The largest absolute Gasteiger partial charge is 0.345 e. The first kappa shape index (κ1) is 14.4. The molecule has 1 heterocycles. The van der Waals surface area contributed by atoms with Crippen LogP contribution in [-0.2, 0) is 4.79 Å². The van der Waals surface area contributed by atoms with E-state index in [-0.39, 0.29) is 5.82 Å². The number of hydrogen-bond donors (Lipinski definition) is 2. The summed E-state index contributed by atoms with van der Waals surface area (Å²) in [4.78, 5) is 15.7. The lowest BCUT2D eigenvalue weighted by Gasteiger charge is -2.16. The van der Waals surface area contributed by atoms with Gasteiger partial charge in [0.15, 0.2) is 0 Å². The maximum Gasteiger partial charge on any atom is 0.320 e. The van der Waals surface area contributed by atoms with Crippen LogP contribution in [0.5, 0.6) is 0 Å². The van der Waals surface area contributed by atoms with Crippen molar-refractivity contribution in [1.29, 1.82) is 0 Å². The zero-order valence-corrected chi connectivity index (χ0v) is 11.2. The molecule has 0 bridgehead atoms. The summed E-state index contributed by atoms with van der Waals surface area (Å²) in [6.45, 7) is 0.394. The number of alkyl halides is 2. The predicted molar refractivity (Wildman–Crippen MR) is 71.2 cm³/mol. The van der Waals surface area contributed by atoms with Gasteiger partial charge in [0.1, 0.15) is 5.82 Å². The van der Waals surface area contributed by atoms with Gasteiger partial charge in [-0.25, -0.2) is 4.98 Å². The van der Waals surface area contributed by atoms with Crippen molar-refractivity contribution in [1.82, 2.24) is 14.9 Å². The topological polar surface area (TPSA) is 72.9 Å². The minimum Gasteiger partial charge on any atom is -0.345 e. The number of para-hydroxylation sites is 2. The smallest absolute Gasteiger partial charge is 0.320 e. The van der Waals surface area contributed by atoms with Gasteiger partial charge in [0.25, 0.3) is 0 Å². The molecular weight excluding hydrogens is 266 g/mol. The van der Waals surface area contributed by atoms with Gasteiger partial charge in [0.05, 0.1) is 23.1 Å². The van der Waals surface area contributed by atoms with Gasteiger partial charge in [-0.3, -0.25) is 9.36 Å². The van der Waals surface area contributed by atoms with Crippen molar-refractivity contribution in [2.24, 2.45) is 5.73 Å². The molecule has 1 aromatic carbocycles. The number of aromatic nitrogens is 2. The van der Waals surface area contributed by atoms with Crippen LogP contribution in [0.3, 0.4) is 0 Å². The summed E-state index contributed by atoms with van der Waals surface area (Å²) in [5.41, 5.74) is 6.24. The highest BCUT2D eigenvalue weighted by atomic mass is 19.3. The number of benzene rings is 1. The Bertz CT molecular complexity index is 624. The van der Waals surface area contributed by atoms with E-state index in [2.05, 4.69) is 10.3 Å². The second-order valence-corrected chi connectivity index (χ2v) is 4.63. The lowest BCUT2D eigenvalue weighted by atomic mass is 10.2. The highest BCUT2D eigenvalue weighted by Gasteiger charge is 2.23. The van der Waals surface area contributed by atoms with Gasteiger partial charge in [-0.1, -0.05) is 12.1 Å². The summed E-state index contributed by atoms with van der Waals surface area (Å²) in [7, 11) is 0. The molecule has 0 saturated heterocycles. The number of hydrogen-bond acceptors (Lipinski definition) is 3. The molecule has 2 rings (SSSR count). The van der Waals surface area contributed by atoms with Crippen LogP contribution in [0, 0.1) is 0 Å². The van der Waals surface area contributed by atoms with E-state index < -0.39 is 24.5 Å². The van der Waals surface area contributed by atoms with Crippen LogP contribution < -0.4 is 11.1 Å². The van der Waals surface area contributed by atoms with Gasteiger partial charge in [-0.2, -0.15) is 8.78 Å². The molecule has 108 valence electrons. The predicted octanol–water partition coefficient (Wildman–Crippen LogP) is 1.96. The van der Waals surface area contributed by atoms with E-state index in [1.165, 1.54) is 6.92 Å². The number of nitrogens with two attached hydrogens (primary N) is 1. The van der Waals surface area contributed by atoms with Crippen LogP contribution in [0.4, 0.5) is 8.78 Å². The second-order valence-electron chi connectivity index (χ2n) is 4.63. The normalized spacial score (nSPS) is 14.5. The summed E-state index contributed by atoms with van der Waals surface area (Å²) in [6, 6.07) is 5.24. The van der Waals surface area contributed by atoms with Gasteiger partial charge < -0.3 is 11.1 Å². The quantitative estimate of drug-likeness (QED) is 0.900. The average Bonchev–Trinajstić information content (AvgIpc) is 2.77. The summed E-state index contributed by atoms with van der Waals surface area (Å²) in [5, 5.41) is 2.57. The number of fused-ring (bicyclic) bond motifs is 1. The molecule has 0 spiro atoms. The molecule has 2 aromatic rings. The number of imidazole rings is 1. The molecule has 1 aromatic heterocycles. The highest BCUT2D eigenvalue weighted by Crippen LogP contribution is 2.26. The molecule has 0 aliphatic carbocycles. The summed E-state index contributed by atoms with van der Waals surface area (Å²) >= 11 is 0. The molecule has 20 heavy (non-hydrogen) atoms. The fourth-order valence-corrected chi connectivity index (χ4v) is 1.98. The van der Waals surface area contributed by atoms with E-state index in [0.29, 0.717) is 11.0 Å². The zero-order valence-electron chi connectivity index (χ0n) is 11.2. The molecular formula is C13H16F2N4O. The van der Waals surface area contributed by atoms with Crippen LogP contribution in [-0.4, -0.2) is 21.5 Å². The van der Waals surface area contributed by atoms with Crippen molar-refractivity contribution in [3.63, 3.8) is 0 Å². The minimum atomic E-state index is -2.73. The van der Waals surface area contributed by atoms with Gasteiger partial charge in [0, 0.05) is 0 Å². The van der Waals surface area contributed by atoms with Gasteiger partial charge in [-0.05, 0) is 26.0 Å². The lowest BCUT2D eigenvalue weighted by molar-refractivity contribution is -0.122. The average molecular weight is 282 g/mol. The fourth-order valence-electron chi connectivity index (χ4n) is 1.98. The van der Waals surface area contributed by atoms with Crippen molar-refractivity contribution in [2.45, 2.75) is 32.5 Å². The van der Waals surface area contributed by atoms with Crippen molar-refractivity contribution in [2.75, 3.05) is 0 Å². The Morgan fingerprint density at radius 2 is 2.00 bits per heavy atom. The van der Waals surface area contributed by atoms with E-state index in [1.807, 2.05) is 0 Å². The van der Waals surface area contributed by atoms with E-state index in [4.69, 9.17) is 5.73 Å². The molecule has 7 heteroatoms. The van der Waals surface area contributed by atoms with E-state index in [9.17, 15) is 13.6 Å². The monoisotopic (exact) mass is 282 g/mol. The van der Waals surface area contributed by atoms with Crippen molar-refractivity contribution < 1.29 is 13.6 Å². The maximum absolute atomic E-state index is 13.2. The molecule has 0 saturated carbocycles. The van der Waals surface area contributed by atoms with Crippen LogP contribution in [0.2, 0.25) is 0 Å². The van der Waals surface area contributed by atoms with E-state index >= 15 is 0 Å². The third kappa shape index (κ3) is 2.62. The summed E-state index contributed by atoms with van der Waals surface area (Å²) in [6.07, 6.45) is 0. The van der Waals surface area contributed by atoms with Crippen LogP contribution in [0.25, 0.3) is 11.0 Å². The third-order valence-corrected chi connectivity index (χ3v) is 2.98. The Hall–Kier alpha value is -2.02. The van der Waals surface area contributed by atoms with Gasteiger partial charge in [0.2, 0.25) is 5.91 Å². The Labute approximate surface area is 114 Å². The SMILES string of the molecule is CC(NC(=O)[C@@H](C)N)c1nc2ccccc2n1C(F)F. The summed E-state index contributed by atoms with van der Waals surface area (Å²) in [5.74, 6) is -0.305. The van der Waals surface area contributed by atoms with Crippen LogP contribution in [0.1, 0.15) is 32.3 Å². The third-order valence-electron chi connectivity index (χ3n) is 2.98. The van der Waals surface area contributed by atoms with E-state index in [0.717, 1.165) is 4.57 Å². The number of halogens is 2. The Kier molecular flexibility index (Phi) is 3.99. The number of nitrogens with zero attached hydrogens (tertiary/aromatic N) is 2. The van der Waals surface area contributed by atoms with E-state index in [1.54, 1.807) is 31.2 Å². The lowest BCUT2D eigenvalue weighted by Crippen LogP contribution is -2.40. The van der Waals surface area contributed by atoms with Crippen molar-refractivity contribution >= 4 is 16.9 Å². The maximum atomic E-state index is 13.2. The molecule has 2 atom stereocenters. The number of amides is 1. The minimum absolute atomic E-state index is 0.107. The first-order chi connectivity index (χ1) is 9.41. The Morgan fingerprint density at radius 1 is 1.35 bits per heavy atom. The van der Waals surface area contributed by atoms with Gasteiger partial charge >= 0.3 is 6.55 Å². The molecule has 0 aliphatic rings. The number of carbonyl (C=O) groups is 1. The molecule has 0 fully saturated rings. The van der Waals surface area contributed by atoms with Crippen molar-refractivity contribution in [3.8, 4) is 0 Å². The van der Waals surface area contributed by atoms with Crippen LogP contribution in [0.15, 0.2) is 24.3 Å². The molecule has 3 N–H and O–H groups in total. The zero-order chi connectivity index (χ0) is 14.9. The molecule has 5 nitrogen and oxygen atoms in total. The second kappa shape index (κ2) is 5.54. The number of rotatable bonds is 4. The van der Waals surface area contributed by atoms with Crippen LogP contribution >= 0.6 is 0 Å².